The molecule has 0 saturated carbocycles. The van der Waals surface area contributed by atoms with Crippen molar-refractivity contribution in [1.82, 2.24) is 20.1 Å². The number of pyridine rings is 1. The van der Waals surface area contributed by atoms with E-state index < -0.39 is 0 Å². The highest BCUT2D eigenvalue weighted by atomic mass is 16.1. The monoisotopic (exact) mass is 285 g/mol. The zero-order chi connectivity index (χ0) is 14.8. The average molecular weight is 285 g/mol. The standard InChI is InChI=1S/C15H19N5O/c1-10-5-12(3-4-17-10)19-15(21)14-8-16-7-13(14)11-6-18-20(2)9-11/h3-6,9,13-14,16H,7-8H2,1-2H3,(H,17,19,21)/t13-,14+/m1/s1. The van der Waals surface area contributed by atoms with Gasteiger partial charge in [-0.25, -0.2) is 0 Å². The number of nitrogens with zero attached hydrogens (tertiary/aromatic N) is 3. The van der Waals surface area contributed by atoms with E-state index in [1.165, 1.54) is 0 Å². The van der Waals surface area contributed by atoms with Gasteiger partial charge in [0.2, 0.25) is 5.91 Å². The van der Waals surface area contributed by atoms with Crippen molar-refractivity contribution in [1.29, 1.82) is 0 Å². The third-order valence-corrected chi connectivity index (χ3v) is 3.87. The van der Waals surface area contributed by atoms with Gasteiger partial charge < -0.3 is 10.6 Å². The molecule has 21 heavy (non-hydrogen) atoms. The third-order valence-electron chi connectivity index (χ3n) is 3.87. The number of aromatic nitrogens is 3. The van der Waals surface area contributed by atoms with E-state index in [0.717, 1.165) is 23.5 Å². The van der Waals surface area contributed by atoms with Gasteiger partial charge >= 0.3 is 0 Å². The van der Waals surface area contributed by atoms with Crippen molar-refractivity contribution in [2.24, 2.45) is 13.0 Å². The summed E-state index contributed by atoms with van der Waals surface area (Å²) in [6, 6.07) is 3.69. The molecule has 0 aromatic carbocycles. The highest BCUT2D eigenvalue weighted by molar-refractivity contribution is 5.93. The lowest BCUT2D eigenvalue weighted by atomic mass is 9.90. The van der Waals surface area contributed by atoms with Crippen molar-refractivity contribution in [3.05, 3.63) is 42.0 Å². The van der Waals surface area contributed by atoms with Gasteiger partial charge in [0.25, 0.3) is 0 Å². The molecule has 0 spiro atoms. The van der Waals surface area contributed by atoms with Gasteiger partial charge in [0.15, 0.2) is 0 Å². The molecule has 0 bridgehead atoms. The summed E-state index contributed by atoms with van der Waals surface area (Å²) in [7, 11) is 1.89. The number of hydrogen-bond acceptors (Lipinski definition) is 4. The van der Waals surface area contributed by atoms with Crippen LogP contribution in [-0.4, -0.2) is 33.8 Å². The van der Waals surface area contributed by atoms with Crippen LogP contribution in [0.15, 0.2) is 30.7 Å². The highest BCUT2D eigenvalue weighted by Gasteiger charge is 2.34. The molecule has 2 N–H and O–H groups in total. The Hall–Kier alpha value is -2.21. The Morgan fingerprint density at radius 1 is 1.48 bits per heavy atom. The van der Waals surface area contributed by atoms with Crippen LogP contribution in [0.4, 0.5) is 5.69 Å². The molecule has 6 nitrogen and oxygen atoms in total. The molecular weight excluding hydrogens is 266 g/mol. The summed E-state index contributed by atoms with van der Waals surface area (Å²) >= 11 is 0. The lowest BCUT2D eigenvalue weighted by molar-refractivity contribution is -0.119. The zero-order valence-electron chi connectivity index (χ0n) is 12.2. The van der Waals surface area contributed by atoms with E-state index in [-0.39, 0.29) is 17.7 Å². The maximum atomic E-state index is 12.5. The fourth-order valence-corrected chi connectivity index (χ4v) is 2.79. The average Bonchev–Trinajstić information content (AvgIpc) is 3.06. The van der Waals surface area contributed by atoms with Gasteiger partial charge in [-0.3, -0.25) is 14.5 Å². The summed E-state index contributed by atoms with van der Waals surface area (Å²) in [5, 5.41) is 10.5. The Morgan fingerprint density at radius 3 is 3.05 bits per heavy atom. The topological polar surface area (TPSA) is 71.8 Å². The van der Waals surface area contributed by atoms with Gasteiger partial charge in [0.05, 0.1) is 12.1 Å². The third kappa shape index (κ3) is 2.95. The first kappa shape index (κ1) is 13.8. The molecule has 1 saturated heterocycles. The number of anilines is 1. The van der Waals surface area contributed by atoms with E-state index in [0.29, 0.717) is 6.54 Å². The second kappa shape index (κ2) is 5.65. The highest BCUT2D eigenvalue weighted by Crippen LogP contribution is 2.28. The molecule has 3 rings (SSSR count). The van der Waals surface area contributed by atoms with Gasteiger partial charge in [0, 0.05) is 49.8 Å². The summed E-state index contributed by atoms with van der Waals surface area (Å²) in [5.74, 6) is 0.128. The molecule has 2 aromatic rings. The second-order valence-corrected chi connectivity index (χ2v) is 5.49. The van der Waals surface area contributed by atoms with Crippen LogP contribution < -0.4 is 10.6 Å². The van der Waals surface area contributed by atoms with E-state index in [4.69, 9.17) is 0 Å². The molecule has 2 aromatic heterocycles. The Labute approximate surface area is 123 Å². The van der Waals surface area contributed by atoms with Crippen molar-refractivity contribution in [3.8, 4) is 0 Å². The first-order chi connectivity index (χ1) is 10.1. The van der Waals surface area contributed by atoms with Gasteiger partial charge in [-0.2, -0.15) is 5.10 Å². The molecule has 1 aliphatic heterocycles. The molecule has 1 amide bonds. The summed E-state index contributed by atoms with van der Waals surface area (Å²) in [6.07, 6.45) is 5.53. The number of rotatable bonds is 3. The van der Waals surface area contributed by atoms with Crippen LogP contribution in [0.2, 0.25) is 0 Å². The maximum Gasteiger partial charge on any atom is 0.229 e. The molecule has 3 heterocycles. The Balaban J connectivity index is 1.74. The SMILES string of the molecule is Cc1cc(NC(=O)[C@H]2CNC[C@@H]2c2cnn(C)c2)ccn1. The molecule has 1 fully saturated rings. The van der Waals surface area contributed by atoms with Crippen molar-refractivity contribution >= 4 is 11.6 Å². The Morgan fingerprint density at radius 2 is 2.33 bits per heavy atom. The minimum absolute atomic E-state index is 0.0412. The van der Waals surface area contributed by atoms with Gasteiger partial charge in [0.1, 0.15) is 0 Å². The van der Waals surface area contributed by atoms with Crippen LogP contribution in [0.3, 0.4) is 0 Å². The minimum Gasteiger partial charge on any atom is -0.326 e. The fourth-order valence-electron chi connectivity index (χ4n) is 2.79. The minimum atomic E-state index is -0.0809. The first-order valence-corrected chi connectivity index (χ1v) is 7.06. The van der Waals surface area contributed by atoms with Crippen molar-refractivity contribution in [2.75, 3.05) is 18.4 Å². The fraction of sp³-hybridized carbons (Fsp3) is 0.400. The number of aryl methyl sites for hydroxylation is 2. The van der Waals surface area contributed by atoms with Crippen LogP contribution in [-0.2, 0) is 11.8 Å². The van der Waals surface area contributed by atoms with Gasteiger partial charge in [-0.05, 0) is 24.6 Å². The summed E-state index contributed by atoms with van der Waals surface area (Å²) in [5.41, 5.74) is 2.79. The summed E-state index contributed by atoms with van der Waals surface area (Å²) < 4.78 is 1.77. The lowest BCUT2D eigenvalue weighted by Crippen LogP contribution is -2.28. The maximum absolute atomic E-state index is 12.5. The van der Waals surface area contributed by atoms with Gasteiger partial charge in [-0.1, -0.05) is 0 Å². The van der Waals surface area contributed by atoms with Crippen molar-refractivity contribution < 1.29 is 4.79 Å². The van der Waals surface area contributed by atoms with Crippen molar-refractivity contribution in [3.63, 3.8) is 0 Å². The molecule has 1 aliphatic rings. The van der Waals surface area contributed by atoms with E-state index in [9.17, 15) is 4.79 Å². The van der Waals surface area contributed by atoms with Crippen LogP contribution in [0, 0.1) is 12.8 Å². The molecule has 0 aliphatic carbocycles. The van der Waals surface area contributed by atoms with E-state index in [2.05, 4.69) is 20.7 Å². The van der Waals surface area contributed by atoms with E-state index in [1.807, 2.05) is 38.5 Å². The number of amides is 1. The molecular formula is C15H19N5O. The molecule has 110 valence electrons. The number of carbonyl (C=O) groups is 1. The largest absolute Gasteiger partial charge is 0.326 e. The van der Waals surface area contributed by atoms with Gasteiger partial charge in [-0.15, -0.1) is 0 Å². The van der Waals surface area contributed by atoms with Crippen LogP contribution in [0.1, 0.15) is 17.2 Å². The number of carbonyl (C=O) groups excluding carboxylic acids is 1. The lowest BCUT2D eigenvalue weighted by Gasteiger charge is -2.17. The normalized spacial score (nSPS) is 21.4. The molecule has 2 atom stereocenters. The first-order valence-electron chi connectivity index (χ1n) is 7.06. The Kier molecular flexibility index (Phi) is 3.70. The quantitative estimate of drug-likeness (QED) is 0.884. The second-order valence-electron chi connectivity index (χ2n) is 5.49. The summed E-state index contributed by atoms with van der Waals surface area (Å²) in [6.45, 7) is 3.40. The number of hydrogen-bond donors (Lipinski definition) is 2. The van der Waals surface area contributed by atoms with Crippen molar-refractivity contribution in [2.45, 2.75) is 12.8 Å². The van der Waals surface area contributed by atoms with Crippen LogP contribution in [0.5, 0.6) is 0 Å². The van der Waals surface area contributed by atoms with E-state index in [1.54, 1.807) is 10.9 Å². The molecule has 0 radical (unpaired) electrons. The molecule has 6 heteroatoms. The van der Waals surface area contributed by atoms with Crippen LogP contribution in [0.25, 0.3) is 0 Å². The summed E-state index contributed by atoms with van der Waals surface area (Å²) in [4.78, 5) is 16.7. The number of nitrogens with one attached hydrogen (secondary N) is 2. The molecule has 0 unspecified atom stereocenters. The predicted octanol–water partition coefficient (Wildman–Crippen LogP) is 1.07. The predicted molar refractivity (Wildman–Crippen MR) is 79.9 cm³/mol. The zero-order valence-corrected chi connectivity index (χ0v) is 12.2. The van der Waals surface area contributed by atoms with Crippen LogP contribution >= 0.6 is 0 Å². The Bertz CT molecular complexity index is 651. The smallest absolute Gasteiger partial charge is 0.229 e. The van der Waals surface area contributed by atoms with E-state index >= 15 is 0 Å².